The molecule has 0 bridgehead atoms. The van der Waals surface area contributed by atoms with Gasteiger partial charge in [-0.1, -0.05) is 12.1 Å². The Bertz CT molecular complexity index is 1610. The summed E-state index contributed by atoms with van der Waals surface area (Å²) in [7, 11) is 0. The van der Waals surface area contributed by atoms with Gasteiger partial charge in [-0.15, -0.1) is 0 Å². The molecule has 2 aliphatic heterocycles. The van der Waals surface area contributed by atoms with Crippen molar-refractivity contribution in [1.82, 2.24) is 25.3 Å². The average molecular weight is 519 g/mol. The maximum Gasteiger partial charge on any atom is 0.141 e. The molecular weight excluding hydrogens is 488 g/mol. The van der Waals surface area contributed by atoms with E-state index in [1.165, 1.54) is 5.69 Å². The lowest BCUT2D eigenvalue weighted by Crippen LogP contribution is -2.44. The number of rotatable bonds is 5. The SMILES string of the molecule is c1nc(Nc2ccc(N3CCOCC3)cc2)c2cc(-c3ccc4ncnc(N5CCNCC5)c4c3)ccc2n1. The third-order valence-electron chi connectivity index (χ3n) is 7.51. The van der Waals surface area contributed by atoms with Gasteiger partial charge in [-0.2, -0.15) is 0 Å². The summed E-state index contributed by atoms with van der Waals surface area (Å²) >= 11 is 0. The third kappa shape index (κ3) is 4.82. The normalized spacial score (nSPS) is 16.1. The summed E-state index contributed by atoms with van der Waals surface area (Å²) in [5.41, 5.74) is 6.25. The molecule has 7 rings (SSSR count). The van der Waals surface area contributed by atoms with Crippen LogP contribution in [0, 0.1) is 0 Å². The van der Waals surface area contributed by atoms with Crippen LogP contribution >= 0.6 is 0 Å². The highest BCUT2D eigenvalue weighted by Crippen LogP contribution is 2.32. The molecule has 9 heteroatoms. The summed E-state index contributed by atoms with van der Waals surface area (Å²) in [4.78, 5) is 23.0. The predicted octanol–water partition coefficient (Wildman–Crippen LogP) is 4.23. The second-order valence-electron chi connectivity index (χ2n) is 9.89. The molecule has 9 nitrogen and oxygen atoms in total. The van der Waals surface area contributed by atoms with Crippen LogP contribution in [0.5, 0.6) is 0 Å². The lowest BCUT2D eigenvalue weighted by atomic mass is 10.0. The highest BCUT2D eigenvalue weighted by molar-refractivity contribution is 5.97. The van der Waals surface area contributed by atoms with E-state index in [-0.39, 0.29) is 0 Å². The fourth-order valence-electron chi connectivity index (χ4n) is 5.40. The van der Waals surface area contributed by atoms with Gasteiger partial charge in [0, 0.05) is 61.4 Å². The number of ether oxygens (including phenoxy) is 1. The van der Waals surface area contributed by atoms with Gasteiger partial charge in [-0.3, -0.25) is 0 Å². The fraction of sp³-hybridized carbons (Fsp3) is 0.267. The van der Waals surface area contributed by atoms with Crippen LogP contribution in [0.15, 0.2) is 73.3 Å². The van der Waals surface area contributed by atoms with E-state index >= 15 is 0 Å². The van der Waals surface area contributed by atoms with Crippen LogP contribution in [0.4, 0.5) is 23.0 Å². The van der Waals surface area contributed by atoms with Crippen LogP contribution in [-0.4, -0.2) is 72.4 Å². The Labute approximate surface area is 226 Å². The van der Waals surface area contributed by atoms with Crippen LogP contribution in [0.1, 0.15) is 0 Å². The van der Waals surface area contributed by atoms with Gasteiger partial charge in [0.15, 0.2) is 0 Å². The minimum Gasteiger partial charge on any atom is -0.378 e. The molecule has 2 N–H and O–H groups in total. The molecule has 0 aliphatic carbocycles. The first-order valence-electron chi connectivity index (χ1n) is 13.5. The van der Waals surface area contributed by atoms with Gasteiger partial charge >= 0.3 is 0 Å². The molecule has 0 spiro atoms. The molecule has 0 saturated carbocycles. The van der Waals surface area contributed by atoms with Crippen molar-refractivity contribution in [2.45, 2.75) is 0 Å². The van der Waals surface area contributed by atoms with Gasteiger partial charge in [0.05, 0.1) is 24.2 Å². The summed E-state index contributed by atoms with van der Waals surface area (Å²) in [6.45, 7) is 7.18. The van der Waals surface area contributed by atoms with E-state index in [2.05, 4.69) is 101 Å². The van der Waals surface area contributed by atoms with E-state index in [0.717, 1.165) is 103 Å². The maximum atomic E-state index is 5.48. The van der Waals surface area contributed by atoms with Crippen LogP contribution in [0.2, 0.25) is 0 Å². The Kier molecular flexibility index (Phi) is 6.36. The highest BCUT2D eigenvalue weighted by atomic mass is 16.5. The number of piperazine rings is 1. The van der Waals surface area contributed by atoms with E-state index < -0.39 is 0 Å². The molecular formula is C30H30N8O. The first-order valence-corrected chi connectivity index (χ1v) is 13.5. The monoisotopic (exact) mass is 518 g/mol. The molecule has 0 atom stereocenters. The van der Waals surface area contributed by atoms with Crippen molar-refractivity contribution in [1.29, 1.82) is 0 Å². The molecule has 196 valence electrons. The molecule has 2 aliphatic rings. The quantitative estimate of drug-likeness (QED) is 0.355. The largest absolute Gasteiger partial charge is 0.378 e. The van der Waals surface area contributed by atoms with E-state index in [0.29, 0.717) is 0 Å². The molecule has 0 unspecified atom stereocenters. The Morgan fingerprint density at radius 1 is 0.667 bits per heavy atom. The fourth-order valence-corrected chi connectivity index (χ4v) is 5.40. The topological polar surface area (TPSA) is 91.3 Å². The molecule has 2 saturated heterocycles. The van der Waals surface area contributed by atoms with Gasteiger partial charge < -0.3 is 25.2 Å². The minimum absolute atomic E-state index is 0.774. The van der Waals surface area contributed by atoms with Crippen molar-refractivity contribution < 1.29 is 4.74 Å². The smallest absolute Gasteiger partial charge is 0.141 e. The number of aromatic nitrogens is 4. The lowest BCUT2D eigenvalue weighted by Gasteiger charge is -2.29. The number of morpholine rings is 1. The van der Waals surface area contributed by atoms with Crippen molar-refractivity contribution in [2.75, 3.05) is 67.6 Å². The summed E-state index contributed by atoms with van der Waals surface area (Å²) in [5.74, 6) is 1.78. The van der Waals surface area contributed by atoms with Crippen LogP contribution in [0.3, 0.4) is 0 Å². The number of benzene rings is 3. The molecule has 0 radical (unpaired) electrons. The third-order valence-corrected chi connectivity index (χ3v) is 7.51. The summed E-state index contributed by atoms with van der Waals surface area (Å²) in [5, 5.41) is 8.97. The second kappa shape index (κ2) is 10.4. The van der Waals surface area contributed by atoms with Gasteiger partial charge in [0.1, 0.15) is 24.3 Å². The van der Waals surface area contributed by atoms with Crippen molar-refractivity contribution in [3.63, 3.8) is 0 Å². The maximum absolute atomic E-state index is 5.48. The van der Waals surface area contributed by atoms with E-state index in [4.69, 9.17) is 4.74 Å². The summed E-state index contributed by atoms with van der Waals surface area (Å²) in [6, 6.07) is 21.2. The molecule has 0 amide bonds. The Hall–Kier alpha value is -4.34. The van der Waals surface area contributed by atoms with E-state index in [1.54, 1.807) is 12.7 Å². The highest BCUT2D eigenvalue weighted by Gasteiger charge is 2.16. The Morgan fingerprint density at radius 3 is 2.08 bits per heavy atom. The average Bonchev–Trinajstić information content (AvgIpc) is 3.02. The molecule has 3 aromatic carbocycles. The molecule has 2 fully saturated rings. The molecule has 4 heterocycles. The number of hydrogen-bond donors (Lipinski definition) is 2. The predicted molar refractivity (Wildman–Crippen MR) is 156 cm³/mol. The molecule has 5 aromatic rings. The Morgan fingerprint density at radius 2 is 1.33 bits per heavy atom. The zero-order chi connectivity index (χ0) is 26.0. The number of hydrogen-bond acceptors (Lipinski definition) is 9. The molecule has 2 aromatic heterocycles. The van der Waals surface area contributed by atoms with Crippen molar-refractivity contribution >= 4 is 44.8 Å². The van der Waals surface area contributed by atoms with Crippen LogP contribution in [-0.2, 0) is 4.74 Å². The second-order valence-corrected chi connectivity index (χ2v) is 9.89. The summed E-state index contributed by atoms with van der Waals surface area (Å²) < 4.78 is 5.48. The molecule has 39 heavy (non-hydrogen) atoms. The number of anilines is 4. The number of nitrogens with one attached hydrogen (secondary N) is 2. The zero-order valence-corrected chi connectivity index (χ0v) is 21.7. The lowest BCUT2D eigenvalue weighted by molar-refractivity contribution is 0.122. The van der Waals surface area contributed by atoms with Crippen molar-refractivity contribution in [2.24, 2.45) is 0 Å². The standard InChI is InChI=1S/C30H30N8O/c1-7-27-25(29(34-19-32-27)36-23-3-5-24(6-4-23)37-13-15-39-16-14-37)17-21(1)22-2-8-28-26(18-22)30(35-20-33-28)38-11-9-31-10-12-38/h1-8,17-20,31H,9-16H2,(H,32,34,36). The van der Waals surface area contributed by atoms with Crippen LogP contribution < -0.4 is 20.4 Å². The van der Waals surface area contributed by atoms with E-state index in [9.17, 15) is 0 Å². The van der Waals surface area contributed by atoms with Gasteiger partial charge in [-0.05, 0) is 59.7 Å². The van der Waals surface area contributed by atoms with Gasteiger partial charge in [0.25, 0.3) is 0 Å². The number of nitrogens with zero attached hydrogens (tertiary/aromatic N) is 6. The Balaban J connectivity index is 1.21. The van der Waals surface area contributed by atoms with Crippen molar-refractivity contribution in [3.8, 4) is 11.1 Å². The van der Waals surface area contributed by atoms with Gasteiger partial charge in [0.2, 0.25) is 0 Å². The van der Waals surface area contributed by atoms with Gasteiger partial charge in [-0.25, -0.2) is 19.9 Å². The number of fused-ring (bicyclic) bond motifs is 2. The first kappa shape index (κ1) is 23.8. The minimum atomic E-state index is 0.774. The first-order chi connectivity index (χ1) is 19.3. The summed E-state index contributed by atoms with van der Waals surface area (Å²) in [6.07, 6.45) is 3.28. The van der Waals surface area contributed by atoms with E-state index in [1.807, 2.05) is 0 Å². The zero-order valence-electron chi connectivity index (χ0n) is 21.7. The van der Waals surface area contributed by atoms with Crippen LogP contribution in [0.25, 0.3) is 32.9 Å². The van der Waals surface area contributed by atoms with Crippen molar-refractivity contribution in [3.05, 3.63) is 73.3 Å².